The number of carbonyl (C=O) groups excluding carboxylic acids is 1. The predicted octanol–water partition coefficient (Wildman–Crippen LogP) is 5.12. The van der Waals surface area contributed by atoms with Gasteiger partial charge < -0.3 is 19.9 Å². The first-order chi connectivity index (χ1) is 16.0. The fraction of sp³-hybridized carbons (Fsp3) is 0.308. The molecular weight excluding hydrogens is 436 g/mol. The minimum atomic E-state index is -0.577. The van der Waals surface area contributed by atoms with Gasteiger partial charge in [0.25, 0.3) is 0 Å². The lowest BCUT2D eigenvalue weighted by Gasteiger charge is -2.41. The maximum absolute atomic E-state index is 11.5. The van der Waals surface area contributed by atoms with E-state index >= 15 is 0 Å². The molecule has 1 aromatic heterocycles. The van der Waals surface area contributed by atoms with Gasteiger partial charge in [-0.2, -0.15) is 0 Å². The van der Waals surface area contributed by atoms with Crippen molar-refractivity contribution in [3.63, 3.8) is 0 Å². The molecule has 4 atom stereocenters. The number of hydrogen-bond acceptors (Lipinski definition) is 6. The third kappa shape index (κ3) is 6.00. The summed E-state index contributed by atoms with van der Waals surface area (Å²) in [4.78, 5) is 15.9. The number of ether oxygens (including phenoxy) is 2. The zero-order valence-electron chi connectivity index (χ0n) is 18.7. The molecule has 3 aromatic rings. The Balaban J connectivity index is 1.60. The van der Waals surface area contributed by atoms with E-state index in [4.69, 9.17) is 9.47 Å². The van der Waals surface area contributed by atoms with Crippen molar-refractivity contribution < 1.29 is 19.4 Å². The van der Waals surface area contributed by atoms with E-state index in [9.17, 15) is 9.90 Å². The number of aliphatic hydroxyl groups excluding tert-OH is 1. The van der Waals surface area contributed by atoms with Gasteiger partial charge in [-0.05, 0) is 35.4 Å². The van der Waals surface area contributed by atoms with Crippen LogP contribution in [-0.2, 0) is 20.9 Å². The Morgan fingerprint density at radius 2 is 1.88 bits per heavy atom. The average molecular weight is 465 g/mol. The highest BCUT2D eigenvalue weighted by Gasteiger charge is 2.38. The highest BCUT2D eigenvalue weighted by atomic mass is 32.2. The van der Waals surface area contributed by atoms with Crippen molar-refractivity contribution >= 4 is 23.4 Å². The van der Waals surface area contributed by atoms with E-state index in [1.165, 1.54) is 6.92 Å². The molecule has 1 aliphatic heterocycles. The minimum absolute atomic E-state index is 0.00632. The van der Waals surface area contributed by atoms with E-state index in [2.05, 4.69) is 17.2 Å². The second kappa shape index (κ2) is 10.9. The lowest BCUT2D eigenvalue weighted by atomic mass is 9.91. The summed E-state index contributed by atoms with van der Waals surface area (Å²) in [6.45, 7) is 3.63. The summed E-state index contributed by atoms with van der Waals surface area (Å²) < 4.78 is 12.9. The number of carbonyl (C=O) groups is 1. The van der Waals surface area contributed by atoms with Crippen LogP contribution in [0.1, 0.15) is 42.9 Å². The van der Waals surface area contributed by atoms with E-state index in [0.29, 0.717) is 5.69 Å². The second-order valence-electron chi connectivity index (χ2n) is 8.11. The van der Waals surface area contributed by atoms with Crippen molar-refractivity contribution in [3.8, 4) is 0 Å². The van der Waals surface area contributed by atoms with Gasteiger partial charge >= 0.3 is 0 Å². The van der Waals surface area contributed by atoms with Crippen molar-refractivity contribution in [2.75, 3.05) is 11.1 Å². The number of nitrogens with zero attached hydrogens (tertiary/aromatic N) is 1. The van der Waals surface area contributed by atoms with E-state index < -0.39 is 6.29 Å². The van der Waals surface area contributed by atoms with Gasteiger partial charge in [-0.15, -0.1) is 11.8 Å². The number of pyridine rings is 1. The van der Waals surface area contributed by atoms with Crippen molar-refractivity contribution in [2.24, 2.45) is 5.92 Å². The highest BCUT2D eigenvalue weighted by Crippen LogP contribution is 2.43. The van der Waals surface area contributed by atoms with Crippen LogP contribution in [0, 0.1) is 5.92 Å². The maximum Gasteiger partial charge on any atom is 0.221 e. The third-order valence-electron chi connectivity index (χ3n) is 5.64. The number of aliphatic hydroxyl groups is 1. The van der Waals surface area contributed by atoms with Crippen LogP contribution in [0.2, 0.25) is 0 Å². The lowest BCUT2D eigenvalue weighted by Crippen LogP contribution is -2.38. The Morgan fingerprint density at radius 1 is 1.06 bits per heavy atom. The van der Waals surface area contributed by atoms with Gasteiger partial charge in [-0.25, -0.2) is 4.98 Å². The Morgan fingerprint density at radius 3 is 2.58 bits per heavy atom. The van der Waals surface area contributed by atoms with Crippen molar-refractivity contribution in [1.29, 1.82) is 0 Å². The number of aromatic nitrogens is 1. The van der Waals surface area contributed by atoms with Crippen molar-refractivity contribution in [1.82, 2.24) is 4.98 Å². The number of amides is 1. The molecule has 1 fully saturated rings. The van der Waals surface area contributed by atoms with Crippen LogP contribution in [0.4, 0.5) is 5.69 Å². The number of nitrogens with one attached hydrogen (secondary N) is 1. The molecule has 1 amide bonds. The highest BCUT2D eigenvalue weighted by molar-refractivity contribution is 7.99. The smallest absolute Gasteiger partial charge is 0.221 e. The maximum atomic E-state index is 11.5. The fourth-order valence-electron chi connectivity index (χ4n) is 3.88. The van der Waals surface area contributed by atoms with Crippen molar-refractivity contribution in [3.05, 3.63) is 89.6 Å². The number of benzene rings is 2. The van der Waals surface area contributed by atoms with Crippen LogP contribution >= 0.6 is 11.8 Å². The molecule has 172 valence electrons. The fourth-order valence-corrected chi connectivity index (χ4v) is 4.90. The van der Waals surface area contributed by atoms with Gasteiger partial charge in [0, 0.05) is 36.0 Å². The minimum Gasteiger partial charge on any atom is -0.392 e. The van der Waals surface area contributed by atoms with E-state index in [0.717, 1.165) is 27.5 Å². The molecule has 0 radical (unpaired) electrons. The van der Waals surface area contributed by atoms with Crippen LogP contribution in [0.25, 0.3) is 0 Å². The molecule has 2 heterocycles. The van der Waals surface area contributed by atoms with Crippen LogP contribution in [0.5, 0.6) is 0 Å². The van der Waals surface area contributed by atoms with Crippen LogP contribution in [0.3, 0.4) is 0 Å². The average Bonchev–Trinajstić information content (AvgIpc) is 2.84. The zero-order valence-corrected chi connectivity index (χ0v) is 19.5. The Labute approximate surface area is 198 Å². The number of rotatable bonds is 7. The molecule has 2 N–H and O–H groups in total. The molecule has 7 heteroatoms. The van der Waals surface area contributed by atoms with Gasteiger partial charge in [0.1, 0.15) is 0 Å². The van der Waals surface area contributed by atoms with Crippen molar-refractivity contribution in [2.45, 2.75) is 44.0 Å². The summed E-state index contributed by atoms with van der Waals surface area (Å²) in [6.07, 6.45) is 0.947. The Hall–Kier alpha value is -2.71. The molecule has 0 spiro atoms. The standard InChI is InChI=1S/C26H28N2O4S/c1-17-23(16-33-24-8-3-4-13-27-24)31-26(21-6-5-7-22(14-21)28-18(2)30)32-25(17)20-11-9-19(15-29)10-12-20/h3-14,17,23,25-26,29H,15-16H2,1-2H3,(H,28,30)/t17-,23+,25+,26+/m0/s1. The molecule has 2 aromatic carbocycles. The normalized spacial score (nSPS) is 22.6. The third-order valence-corrected chi connectivity index (χ3v) is 6.67. The van der Waals surface area contributed by atoms with Gasteiger partial charge in [-0.3, -0.25) is 4.79 Å². The lowest BCUT2D eigenvalue weighted by molar-refractivity contribution is -0.268. The topological polar surface area (TPSA) is 80.7 Å². The summed E-state index contributed by atoms with van der Waals surface area (Å²) >= 11 is 1.66. The SMILES string of the molecule is CC(=O)Nc1cccc([C@@H]2O[C@H](CSc3ccccn3)[C@H](C)[C@H](c3ccc(CO)cc3)O2)c1. The molecule has 1 saturated heterocycles. The Kier molecular flexibility index (Phi) is 7.77. The Bertz CT molecular complexity index is 1060. The van der Waals surface area contributed by atoms with Crippen LogP contribution < -0.4 is 5.32 Å². The quantitative estimate of drug-likeness (QED) is 0.473. The molecular formula is C26H28N2O4S. The molecule has 0 aliphatic carbocycles. The molecule has 4 rings (SSSR count). The summed E-state index contributed by atoms with van der Waals surface area (Å²) in [5.74, 6) is 0.697. The first-order valence-corrected chi connectivity index (χ1v) is 11.9. The van der Waals surface area contributed by atoms with Crippen LogP contribution in [-0.4, -0.2) is 27.9 Å². The van der Waals surface area contributed by atoms with E-state index in [1.807, 2.05) is 66.7 Å². The number of hydrogen-bond donors (Lipinski definition) is 2. The van der Waals surface area contributed by atoms with Gasteiger partial charge in [-0.1, -0.05) is 49.4 Å². The summed E-state index contributed by atoms with van der Waals surface area (Å²) in [5, 5.41) is 13.2. The molecule has 6 nitrogen and oxygen atoms in total. The monoisotopic (exact) mass is 464 g/mol. The second-order valence-corrected chi connectivity index (χ2v) is 9.15. The summed E-state index contributed by atoms with van der Waals surface area (Å²) in [6, 6.07) is 21.3. The summed E-state index contributed by atoms with van der Waals surface area (Å²) in [7, 11) is 0. The van der Waals surface area contributed by atoms with E-state index in [1.54, 1.807) is 18.0 Å². The molecule has 0 unspecified atom stereocenters. The first kappa shape index (κ1) is 23.4. The predicted molar refractivity (Wildman–Crippen MR) is 129 cm³/mol. The molecule has 0 bridgehead atoms. The number of thioether (sulfide) groups is 1. The van der Waals surface area contributed by atoms with Crippen LogP contribution in [0.15, 0.2) is 78.0 Å². The summed E-state index contributed by atoms with van der Waals surface area (Å²) in [5.41, 5.74) is 3.45. The van der Waals surface area contributed by atoms with E-state index in [-0.39, 0.29) is 30.6 Å². The first-order valence-electron chi connectivity index (χ1n) is 11.0. The van der Waals surface area contributed by atoms with Gasteiger partial charge in [0.05, 0.1) is 23.8 Å². The van der Waals surface area contributed by atoms with Gasteiger partial charge in [0.2, 0.25) is 5.91 Å². The molecule has 33 heavy (non-hydrogen) atoms. The number of anilines is 1. The molecule has 0 saturated carbocycles. The van der Waals surface area contributed by atoms with Gasteiger partial charge in [0.15, 0.2) is 6.29 Å². The zero-order chi connectivity index (χ0) is 23.2. The largest absolute Gasteiger partial charge is 0.392 e. The molecule has 1 aliphatic rings.